The van der Waals surface area contributed by atoms with E-state index in [9.17, 15) is 4.79 Å². The number of esters is 1. The van der Waals surface area contributed by atoms with E-state index < -0.39 is 0 Å². The zero-order chi connectivity index (χ0) is 11.8. The summed E-state index contributed by atoms with van der Waals surface area (Å²) in [4.78, 5) is 11.5. The van der Waals surface area contributed by atoms with Gasteiger partial charge in [0.2, 0.25) is 0 Å². The van der Waals surface area contributed by atoms with Crippen LogP contribution in [0.2, 0.25) is 0 Å². The summed E-state index contributed by atoms with van der Waals surface area (Å²) in [5.41, 5.74) is 0. The predicted octanol–water partition coefficient (Wildman–Crippen LogP) is 4.15. The Balaban J connectivity index is 2.32. The zero-order valence-electron chi connectivity index (χ0n) is 8.92. The molecule has 0 saturated carbocycles. The molecule has 0 radical (unpaired) electrons. The smallest absolute Gasteiger partial charge is 0.311 e. The minimum Gasteiger partial charge on any atom is -0.425 e. The van der Waals surface area contributed by atoms with Crippen LogP contribution >= 0.6 is 38.5 Å². The van der Waals surface area contributed by atoms with Crippen molar-refractivity contribution in [2.75, 3.05) is 5.33 Å². The van der Waals surface area contributed by atoms with Gasteiger partial charge in [-0.3, -0.25) is 4.79 Å². The van der Waals surface area contributed by atoms with Crippen molar-refractivity contribution in [2.24, 2.45) is 0 Å². The van der Waals surface area contributed by atoms with Gasteiger partial charge in [0.05, 0.1) is 3.57 Å². The monoisotopic (exact) mass is 396 g/mol. The molecule has 0 bridgehead atoms. The molecule has 0 spiro atoms. The maximum atomic E-state index is 11.5. The lowest BCUT2D eigenvalue weighted by atomic mass is 10.2. The number of benzene rings is 1. The Morgan fingerprint density at radius 2 is 2.00 bits per heavy atom. The summed E-state index contributed by atoms with van der Waals surface area (Å²) in [5, 5.41) is 0.999. The fourth-order valence-electron chi connectivity index (χ4n) is 1.24. The van der Waals surface area contributed by atoms with Gasteiger partial charge in [0, 0.05) is 11.8 Å². The first-order valence-electron chi connectivity index (χ1n) is 5.25. The minimum absolute atomic E-state index is 0.140. The van der Waals surface area contributed by atoms with Crippen LogP contribution in [0.3, 0.4) is 0 Å². The number of carbonyl (C=O) groups is 1. The van der Waals surface area contributed by atoms with Crippen molar-refractivity contribution in [1.29, 1.82) is 0 Å². The number of para-hydroxylation sites is 1. The first kappa shape index (κ1) is 14.0. The van der Waals surface area contributed by atoms with Crippen LogP contribution in [0.1, 0.15) is 25.7 Å². The highest BCUT2D eigenvalue weighted by molar-refractivity contribution is 14.1. The minimum atomic E-state index is -0.140. The lowest BCUT2D eigenvalue weighted by Gasteiger charge is -2.05. The number of hydrogen-bond donors (Lipinski definition) is 0. The summed E-state index contributed by atoms with van der Waals surface area (Å²) >= 11 is 5.52. The second-order valence-corrected chi connectivity index (χ2v) is 5.36. The number of rotatable bonds is 6. The molecule has 0 fully saturated rings. The Labute approximate surface area is 118 Å². The van der Waals surface area contributed by atoms with Crippen LogP contribution in [-0.4, -0.2) is 11.3 Å². The molecule has 0 unspecified atom stereocenters. The molecule has 0 aliphatic carbocycles. The molecule has 0 aromatic heterocycles. The van der Waals surface area contributed by atoms with Gasteiger partial charge >= 0.3 is 5.97 Å². The number of alkyl halides is 1. The van der Waals surface area contributed by atoms with Crippen molar-refractivity contribution in [2.45, 2.75) is 25.7 Å². The van der Waals surface area contributed by atoms with Gasteiger partial charge in [-0.15, -0.1) is 0 Å². The van der Waals surface area contributed by atoms with Crippen molar-refractivity contribution in [3.8, 4) is 5.75 Å². The third-order valence-electron chi connectivity index (χ3n) is 2.07. The van der Waals surface area contributed by atoms with E-state index in [2.05, 4.69) is 38.5 Å². The molecule has 0 saturated heterocycles. The maximum absolute atomic E-state index is 11.5. The third-order valence-corrected chi connectivity index (χ3v) is 3.53. The van der Waals surface area contributed by atoms with Gasteiger partial charge in [0.25, 0.3) is 0 Å². The predicted molar refractivity (Wildman–Crippen MR) is 77.1 cm³/mol. The normalized spacial score (nSPS) is 10.1. The Morgan fingerprint density at radius 3 is 2.69 bits per heavy atom. The van der Waals surface area contributed by atoms with Crippen LogP contribution in [-0.2, 0) is 4.79 Å². The lowest BCUT2D eigenvalue weighted by Crippen LogP contribution is -2.08. The van der Waals surface area contributed by atoms with Crippen molar-refractivity contribution in [3.05, 3.63) is 27.8 Å². The van der Waals surface area contributed by atoms with E-state index in [1.54, 1.807) is 0 Å². The summed E-state index contributed by atoms with van der Waals surface area (Å²) in [6.07, 6.45) is 3.56. The number of ether oxygens (including phenoxy) is 1. The van der Waals surface area contributed by atoms with Crippen molar-refractivity contribution >= 4 is 44.5 Å². The first-order valence-corrected chi connectivity index (χ1v) is 7.45. The van der Waals surface area contributed by atoms with Gasteiger partial charge in [-0.1, -0.05) is 34.5 Å². The molecule has 1 rings (SSSR count). The molecular formula is C12H14BrIO2. The van der Waals surface area contributed by atoms with E-state index in [1.165, 1.54) is 0 Å². The van der Waals surface area contributed by atoms with E-state index in [1.807, 2.05) is 24.3 Å². The number of hydrogen-bond acceptors (Lipinski definition) is 2. The SMILES string of the molecule is O=C(CCCCCBr)Oc1ccccc1I. The second kappa shape index (κ2) is 8.06. The average molecular weight is 397 g/mol. The van der Waals surface area contributed by atoms with E-state index >= 15 is 0 Å². The summed E-state index contributed by atoms with van der Waals surface area (Å²) in [5.74, 6) is 0.521. The van der Waals surface area contributed by atoms with Crippen LogP contribution in [0, 0.1) is 3.57 Å². The van der Waals surface area contributed by atoms with Crippen LogP contribution in [0.5, 0.6) is 5.75 Å². The quantitative estimate of drug-likeness (QED) is 0.237. The van der Waals surface area contributed by atoms with Crippen LogP contribution in [0.25, 0.3) is 0 Å². The topological polar surface area (TPSA) is 26.3 Å². The molecule has 2 nitrogen and oxygen atoms in total. The Hall–Kier alpha value is -0.100. The molecule has 0 atom stereocenters. The van der Waals surface area contributed by atoms with Gasteiger partial charge < -0.3 is 4.74 Å². The molecule has 0 aliphatic heterocycles. The highest BCUT2D eigenvalue weighted by Crippen LogP contribution is 2.20. The molecule has 0 N–H and O–H groups in total. The number of unbranched alkanes of at least 4 members (excludes halogenated alkanes) is 2. The van der Waals surface area contributed by atoms with Crippen LogP contribution in [0.15, 0.2) is 24.3 Å². The number of carbonyl (C=O) groups excluding carboxylic acids is 1. The second-order valence-electron chi connectivity index (χ2n) is 3.40. The molecule has 4 heteroatoms. The van der Waals surface area contributed by atoms with Crippen molar-refractivity contribution < 1.29 is 9.53 Å². The Bertz CT molecular complexity index is 342. The standard InChI is InChI=1S/C12H14BrIO2/c13-9-5-1-2-8-12(15)16-11-7-4-3-6-10(11)14/h3-4,6-7H,1-2,5,8-9H2. The van der Waals surface area contributed by atoms with E-state index in [0.717, 1.165) is 28.2 Å². The van der Waals surface area contributed by atoms with Gasteiger partial charge in [-0.05, 0) is 47.6 Å². The molecular weight excluding hydrogens is 383 g/mol. The third kappa shape index (κ3) is 5.30. The fraction of sp³-hybridized carbons (Fsp3) is 0.417. The van der Waals surface area contributed by atoms with E-state index in [4.69, 9.17) is 4.74 Å². The largest absolute Gasteiger partial charge is 0.425 e. The summed E-state index contributed by atoms with van der Waals surface area (Å²) in [6, 6.07) is 7.54. The van der Waals surface area contributed by atoms with Crippen LogP contribution < -0.4 is 4.74 Å². The van der Waals surface area contributed by atoms with Crippen molar-refractivity contribution in [1.82, 2.24) is 0 Å². The van der Waals surface area contributed by atoms with E-state index in [-0.39, 0.29) is 5.97 Å². The summed E-state index contributed by atoms with van der Waals surface area (Å²) in [6.45, 7) is 0. The zero-order valence-corrected chi connectivity index (χ0v) is 12.7. The average Bonchev–Trinajstić information content (AvgIpc) is 2.28. The molecule has 0 heterocycles. The van der Waals surface area contributed by atoms with Crippen molar-refractivity contribution in [3.63, 3.8) is 0 Å². The van der Waals surface area contributed by atoms with Gasteiger partial charge in [-0.25, -0.2) is 0 Å². The first-order chi connectivity index (χ1) is 7.74. The number of halogens is 2. The molecule has 16 heavy (non-hydrogen) atoms. The molecule has 88 valence electrons. The molecule has 1 aromatic carbocycles. The molecule has 0 amide bonds. The highest BCUT2D eigenvalue weighted by Gasteiger charge is 2.06. The maximum Gasteiger partial charge on any atom is 0.311 e. The Kier molecular flexibility index (Phi) is 7.03. The highest BCUT2D eigenvalue weighted by atomic mass is 127. The molecule has 0 aliphatic rings. The van der Waals surface area contributed by atoms with Crippen LogP contribution in [0.4, 0.5) is 0 Å². The fourth-order valence-corrected chi connectivity index (χ4v) is 2.14. The van der Waals surface area contributed by atoms with Gasteiger partial charge in [0.1, 0.15) is 5.75 Å². The Morgan fingerprint density at radius 1 is 1.25 bits per heavy atom. The van der Waals surface area contributed by atoms with Gasteiger partial charge in [0.15, 0.2) is 0 Å². The lowest BCUT2D eigenvalue weighted by molar-refractivity contribution is -0.134. The van der Waals surface area contributed by atoms with E-state index in [0.29, 0.717) is 12.2 Å². The van der Waals surface area contributed by atoms with Gasteiger partial charge in [-0.2, -0.15) is 0 Å². The molecule has 1 aromatic rings. The summed E-state index contributed by atoms with van der Waals surface area (Å²) < 4.78 is 6.23. The summed E-state index contributed by atoms with van der Waals surface area (Å²) in [7, 11) is 0.